The number of hydrogen-bond donors (Lipinski definition) is 0. The van der Waals surface area contributed by atoms with Gasteiger partial charge in [-0.05, 0) is 23.3 Å². The molecule has 0 spiro atoms. The fourth-order valence-electron chi connectivity index (χ4n) is 3.13. The summed E-state index contributed by atoms with van der Waals surface area (Å²) in [5.41, 5.74) is 2.13. The van der Waals surface area contributed by atoms with E-state index in [0.717, 1.165) is 34.9 Å². The predicted octanol–water partition coefficient (Wildman–Crippen LogP) is 3.25. The third kappa shape index (κ3) is 3.81. The number of ether oxygens (including phenoxy) is 3. The zero-order valence-electron chi connectivity index (χ0n) is 14.4. The largest absolute Gasteiger partial charge is 0.486 e. The Morgan fingerprint density at radius 3 is 2.77 bits per heavy atom. The molecule has 2 aliphatic rings. The van der Waals surface area contributed by atoms with Crippen molar-refractivity contribution in [3.05, 3.63) is 59.7 Å². The van der Waals surface area contributed by atoms with Crippen molar-refractivity contribution in [2.24, 2.45) is 0 Å². The predicted molar refractivity (Wildman–Crippen MR) is 100 cm³/mol. The van der Waals surface area contributed by atoms with Gasteiger partial charge in [-0.2, -0.15) is 0 Å². The van der Waals surface area contributed by atoms with E-state index in [0.29, 0.717) is 19.8 Å². The molecule has 1 atom stereocenters. The summed E-state index contributed by atoms with van der Waals surface area (Å²) in [7, 11) is 0. The number of carbonyl (C=O) groups is 1. The minimum atomic E-state index is -0.00125. The molecule has 0 aromatic heterocycles. The van der Waals surface area contributed by atoms with Crippen molar-refractivity contribution in [2.45, 2.75) is 12.0 Å². The highest BCUT2D eigenvalue weighted by molar-refractivity contribution is 7.99. The van der Waals surface area contributed by atoms with E-state index in [9.17, 15) is 4.79 Å². The molecule has 0 aliphatic carbocycles. The van der Waals surface area contributed by atoms with Crippen LogP contribution in [-0.4, -0.2) is 42.9 Å². The zero-order chi connectivity index (χ0) is 17.8. The molecule has 1 unspecified atom stereocenters. The fraction of sp³-hybridized carbons (Fsp3) is 0.350. The van der Waals surface area contributed by atoms with Crippen LogP contribution in [0.5, 0.6) is 11.5 Å². The number of amides is 1. The van der Waals surface area contributed by atoms with Gasteiger partial charge in [0.15, 0.2) is 11.5 Å². The van der Waals surface area contributed by atoms with Crippen molar-refractivity contribution in [2.75, 3.05) is 32.1 Å². The van der Waals surface area contributed by atoms with Gasteiger partial charge in [-0.15, -0.1) is 11.8 Å². The summed E-state index contributed by atoms with van der Waals surface area (Å²) in [6, 6.07) is 15.8. The van der Waals surface area contributed by atoms with Gasteiger partial charge in [0.25, 0.3) is 0 Å². The maximum Gasteiger partial charge on any atom is 0.249 e. The third-order valence-corrected chi connectivity index (χ3v) is 5.66. The zero-order valence-corrected chi connectivity index (χ0v) is 15.2. The van der Waals surface area contributed by atoms with Crippen molar-refractivity contribution in [3.63, 3.8) is 0 Å². The lowest BCUT2D eigenvalue weighted by Gasteiger charge is -2.26. The Hall–Kier alpha value is -2.18. The molecule has 26 heavy (non-hydrogen) atoms. The minimum absolute atomic E-state index is 0.00125. The van der Waals surface area contributed by atoms with E-state index >= 15 is 0 Å². The van der Waals surface area contributed by atoms with E-state index in [2.05, 4.69) is 0 Å². The Balaban J connectivity index is 1.39. The van der Waals surface area contributed by atoms with Gasteiger partial charge < -0.3 is 19.1 Å². The van der Waals surface area contributed by atoms with Crippen molar-refractivity contribution in [3.8, 4) is 11.5 Å². The topological polar surface area (TPSA) is 48.0 Å². The molecule has 0 radical (unpaired) electrons. The summed E-state index contributed by atoms with van der Waals surface area (Å²) in [6.07, 6.45) is 0. The molecular formula is C20H21NO4S. The van der Waals surface area contributed by atoms with Crippen molar-refractivity contribution < 1.29 is 19.0 Å². The number of fused-ring (bicyclic) bond motifs is 1. The van der Waals surface area contributed by atoms with Gasteiger partial charge in [0.1, 0.15) is 25.2 Å². The Morgan fingerprint density at radius 2 is 1.92 bits per heavy atom. The number of nitrogens with zero attached hydrogens (tertiary/aromatic N) is 1. The van der Waals surface area contributed by atoms with Gasteiger partial charge in [-0.1, -0.05) is 36.4 Å². The molecule has 2 aliphatic heterocycles. The molecule has 0 bridgehead atoms. The molecule has 1 saturated heterocycles. The van der Waals surface area contributed by atoms with E-state index in [1.165, 1.54) is 0 Å². The second kappa shape index (κ2) is 8.01. The molecule has 6 heteroatoms. The Morgan fingerprint density at radius 1 is 1.12 bits per heavy atom. The van der Waals surface area contributed by atoms with Crippen LogP contribution < -0.4 is 9.47 Å². The van der Waals surface area contributed by atoms with Crippen LogP contribution >= 0.6 is 11.8 Å². The molecule has 2 heterocycles. The SMILES string of the molecule is O=C(COCc1ccccc1)N1CCSC1c1ccc2c(c1)OCCO2. The van der Waals surface area contributed by atoms with E-state index in [1.807, 2.05) is 53.4 Å². The van der Waals surface area contributed by atoms with Crippen LogP contribution in [0.15, 0.2) is 48.5 Å². The summed E-state index contributed by atoms with van der Waals surface area (Å²) in [5, 5.41) is -0.00125. The number of hydrogen-bond acceptors (Lipinski definition) is 5. The Kier molecular flexibility index (Phi) is 5.32. The van der Waals surface area contributed by atoms with Gasteiger partial charge in [-0.3, -0.25) is 4.79 Å². The first kappa shape index (κ1) is 17.2. The van der Waals surface area contributed by atoms with E-state index < -0.39 is 0 Å². The average Bonchev–Trinajstić information content (AvgIpc) is 3.18. The van der Waals surface area contributed by atoms with Crippen LogP contribution in [0.4, 0.5) is 0 Å². The first-order chi connectivity index (χ1) is 12.8. The van der Waals surface area contributed by atoms with Crippen LogP contribution in [0.2, 0.25) is 0 Å². The van der Waals surface area contributed by atoms with Gasteiger partial charge in [0, 0.05) is 12.3 Å². The summed E-state index contributed by atoms with van der Waals surface area (Å²) in [4.78, 5) is 14.5. The first-order valence-corrected chi connectivity index (χ1v) is 9.78. The molecule has 0 N–H and O–H groups in total. The molecule has 0 saturated carbocycles. The maximum absolute atomic E-state index is 12.6. The van der Waals surface area contributed by atoms with Gasteiger partial charge >= 0.3 is 0 Å². The smallest absolute Gasteiger partial charge is 0.249 e. The summed E-state index contributed by atoms with van der Waals surface area (Å²) >= 11 is 1.77. The second-order valence-electron chi connectivity index (χ2n) is 6.19. The third-order valence-electron chi connectivity index (χ3n) is 4.40. The number of carbonyl (C=O) groups excluding carboxylic acids is 1. The number of thioether (sulfide) groups is 1. The summed E-state index contributed by atoms with van der Waals surface area (Å²) in [6.45, 7) is 2.41. The molecule has 5 nitrogen and oxygen atoms in total. The van der Waals surface area contributed by atoms with Gasteiger partial charge in [0.05, 0.1) is 6.61 Å². The monoisotopic (exact) mass is 371 g/mol. The molecule has 2 aromatic carbocycles. The number of rotatable bonds is 5. The minimum Gasteiger partial charge on any atom is -0.486 e. The standard InChI is InChI=1S/C20H21NO4S/c22-19(14-23-13-15-4-2-1-3-5-15)21-8-11-26-20(21)16-6-7-17-18(12-16)25-10-9-24-17/h1-7,12,20H,8-11,13-14H2. The average molecular weight is 371 g/mol. The number of benzene rings is 2. The van der Waals surface area contributed by atoms with Crippen LogP contribution in [0, 0.1) is 0 Å². The first-order valence-electron chi connectivity index (χ1n) is 8.73. The molecule has 1 fully saturated rings. The van der Waals surface area contributed by atoms with Crippen LogP contribution in [0.3, 0.4) is 0 Å². The highest BCUT2D eigenvalue weighted by Crippen LogP contribution is 2.41. The van der Waals surface area contributed by atoms with Crippen molar-refractivity contribution in [1.82, 2.24) is 4.90 Å². The molecule has 1 amide bonds. The Labute approximate surface area is 157 Å². The van der Waals surface area contributed by atoms with E-state index in [4.69, 9.17) is 14.2 Å². The van der Waals surface area contributed by atoms with E-state index in [-0.39, 0.29) is 17.9 Å². The highest BCUT2D eigenvalue weighted by atomic mass is 32.2. The van der Waals surface area contributed by atoms with Crippen molar-refractivity contribution >= 4 is 17.7 Å². The lowest BCUT2D eigenvalue weighted by atomic mass is 10.1. The normalized spacial score (nSPS) is 18.8. The quantitative estimate of drug-likeness (QED) is 0.807. The maximum atomic E-state index is 12.6. The molecular weight excluding hydrogens is 350 g/mol. The van der Waals surface area contributed by atoms with Crippen LogP contribution in [-0.2, 0) is 16.1 Å². The lowest BCUT2D eigenvalue weighted by Crippen LogP contribution is -2.33. The Bertz CT molecular complexity index is 768. The lowest BCUT2D eigenvalue weighted by molar-refractivity contribution is -0.136. The van der Waals surface area contributed by atoms with Gasteiger partial charge in [-0.25, -0.2) is 0 Å². The summed E-state index contributed by atoms with van der Waals surface area (Å²) < 4.78 is 16.9. The summed E-state index contributed by atoms with van der Waals surface area (Å²) in [5.74, 6) is 2.47. The second-order valence-corrected chi connectivity index (χ2v) is 7.38. The van der Waals surface area contributed by atoms with E-state index in [1.54, 1.807) is 11.8 Å². The molecule has 2 aromatic rings. The van der Waals surface area contributed by atoms with Crippen LogP contribution in [0.25, 0.3) is 0 Å². The fourth-order valence-corrected chi connectivity index (χ4v) is 4.40. The van der Waals surface area contributed by atoms with Crippen LogP contribution in [0.1, 0.15) is 16.5 Å². The molecule has 136 valence electrons. The van der Waals surface area contributed by atoms with Gasteiger partial charge in [0.2, 0.25) is 5.91 Å². The molecule has 4 rings (SSSR count). The van der Waals surface area contributed by atoms with Crippen molar-refractivity contribution in [1.29, 1.82) is 0 Å². The highest BCUT2D eigenvalue weighted by Gasteiger charge is 2.31.